The lowest BCUT2D eigenvalue weighted by Crippen LogP contribution is -2.39. The number of hydrogen-bond donors (Lipinski definition) is 3. The van der Waals surface area contributed by atoms with Gasteiger partial charge in [0.05, 0.1) is 6.04 Å². The van der Waals surface area contributed by atoms with Crippen molar-refractivity contribution in [2.24, 2.45) is 5.10 Å². The fourth-order valence-electron chi connectivity index (χ4n) is 0.827. The van der Waals surface area contributed by atoms with Gasteiger partial charge in [-0.15, -0.1) is 0 Å². The van der Waals surface area contributed by atoms with Crippen LogP contribution >= 0.6 is 0 Å². The highest BCUT2D eigenvalue weighted by Crippen LogP contribution is 2.06. The molecule has 88 valence electrons. The first-order chi connectivity index (χ1) is 6.89. The average molecular weight is 217 g/mol. The van der Waals surface area contributed by atoms with Gasteiger partial charge < -0.3 is 10.1 Å². The Morgan fingerprint density at radius 3 is 2.60 bits per heavy atom. The first-order valence-electron chi connectivity index (χ1n) is 4.81. The molecule has 0 saturated heterocycles. The maximum atomic E-state index is 11.3. The summed E-state index contributed by atoms with van der Waals surface area (Å²) in [4.78, 5) is 11.3. The van der Waals surface area contributed by atoms with Crippen LogP contribution in [0.15, 0.2) is 5.10 Å². The Kier molecular flexibility index (Phi) is 5.69. The van der Waals surface area contributed by atoms with E-state index in [0.717, 1.165) is 0 Å². The topological polar surface area (TPSA) is 83.0 Å². The standard InChI is InChI=1S/C9H19N3O3/c1-5-7(6-10-12-14)11-8(13)15-9(2,3)4/h6-7,12,14H,5H2,1-4H3,(H,11,13)/b10-6+. The molecule has 0 radical (unpaired) electrons. The van der Waals surface area contributed by atoms with Crippen LogP contribution in [-0.4, -0.2) is 29.2 Å². The molecule has 3 N–H and O–H groups in total. The molecular weight excluding hydrogens is 198 g/mol. The molecule has 0 aliphatic heterocycles. The fraction of sp³-hybridized carbons (Fsp3) is 0.778. The number of alkyl carbamates (subject to hydrolysis) is 1. The SMILES string of the molecule is CCC(/C=N/NO)NC(=O)OC(C)(C)C. The molecule has 0 heterocycles. The van der Waals surface area contributed by atoms with Crippen LogP contribution in [0.5, 0.6) is 0 Å². The van der Waals surface area contributed by atoms with Gasteiger partial charge in [0.2, 0.25) is 0 Å². The maximum absolute atomic E-state index is 11.3. The zero-order valence-corrected chi connectivity index (χ0v) is 9.57. The van der Waals surface area contributed by atoms with E-state index < -0.39 is 11.7 Å². The molecule has 0 aromatic heterocycles. The van der Waals surface area contributed by atoms with Gasteiger partial charge in [-0.2, -0.15) is 10.7 Å². The molecule has 0 aliphatic rings. The van der Waals surface area contributed by atoms with Crippen LogP contribution < -0.4 is 10.9 Å². The molecule has 0 aromatic carbocycles. The van der Waals surface area contributed by atoms with Crippen LogP contribution in [0.3, 0.4) is 0 Å². The van der Waals surface area contributed by atoms with Crippen molar-refractivity contribution in [2.45, 2.75) is 45.8 Å². The van der Waals surface area contributed by atoms with Gasteiger partial charge in [-0.05, 0) is 27.2 Å². The van der Waals surface area contributed by atoms with Gasteiger partial charge in [-0.1, -0.05) is 6.92 Å². The van der Waals surface area contributed by atoms with Crippen molar-refractivity contribution in [3.63, 3.8) is 0 Å². The molecule has 0 aromatic rings. The van der Waals surface area contributed by atoms with Crippen molar-refractivity contribution in [2.75, 3.05) is 0 Å². The number of nitrogens with one attached hydrogen (secondary N) is 2. The zero-order chi connectivity index (χ0) is 11.9. The van der Waals surface area contributed by atoms with Crippen molar-refractivity contribution in [1.82, 2.24) is 10.9 Å². The van der Waals surface area contributed by atoms with E-state index in [9.17, 15) is 4.79 Å². The number of ether oxygens (including phenoxy) is 1. The van der Waals surface area contributed by atoms with Crippen LogP contribution in [-0.2, 0) is 4.74 Å². The van der Waals surface area contributed by atoms with Crippen LogP contribution in [0.2, 0.25) is 0 Å². The van der Waals surface area contributed by atoms with Crippen LogP contribution in [0.25, 0.3) is 0 Å². The van der Waals surface area contributed by atoms with Gasteiger partial charge in [-0.25, -0.2) is 4.79 Å². The molecule has 1 amide bonds. The Morgan fingerprint density at radius 2 is 2.20 bits per heavy atom. The van der Waals surface area contributed by atoms with Crippen molar-refractivity contribution < 1.29 is 14.7 Å². The lowest BCUT2D eigenvalue weighted by molar-refractivity contribution is 0.0517. The van der Waals surface area contributed by atoms with E-state index in [0.29, 0.717) is 6.42 Å². The normalized spacial score (nSPS) is 13.7. The van der Waals surface area contributed by atoms with Gasteiger partial charge in [0.25, 0.3) is 0 Å². The van der Waals surface area contributed by atoms with Gasteiger partial charge in [0, 0.05) is 6.21 Å². The molecular formula is C9H19N3O3. The molecule has 0 spiro atoms. The first-order valence-corrected chi connectivity index (χ1v) is 4.81. The number of rotatable bonds is 4. The highest BCUT2D eigenvalue weighted by atomic mass is 16.6. The second-order valence-electron chi connectivity index (χ2n) is 4.04. The molecule has 1 atom stereocenters. The minimum Gasteiger partial charge on any atom is -0.444 e. The third-order valence-corrected chi connectivity index (χ3v) is 1.45. The zero-order valence-electron chi connectivity index (χ0n) is 9.57. The van der Waals surface area contributed by atoms with Crippen molar-refractivity contribution in [3.8, 4) is 0 Å². The second kappa shape index (κ2) is 6.23. The summed E-state index contributed by atoms with van der Waals surface area (Å²) in [5.41, 5.74) is 1.11. The van der Waals surface area contributed by atoms with E-state index in [1.54, 1.807) is 26.4 Å². The molecule has 0 aliphatic carbocycles. The summed E-state index contributed by atoms with van der Waals surface area (Å²) in [6, 6.07) is -0.264. The minimum absolute atomic E-state index is 0.264. The summed E-state index contributed by atoms with van der Waals surface area (Å²) in [5, 5.41) is 14.2. The minimum atomic E-state index is -0.519. The van der Waals surface area contributed by atoms with E-state index >= 15 is 0 Å². The molecule has 15 heavy (non-hydrogen) atoms. The third kappa shape index (κ3) is 7.75. The van der Waals surface area contributed by atoms with Gasteiger partial charge in [0.1, 0.15) is 5.60 Å². The fourth-order valence-corrected chi connectivity index (χ4v) is 0.827. The first kappa shape index (κ1) is 13.7. The lowest BCUT2D eigenvalue weighted by Gasteiger charge is -2.21. The monoisotopic (exact) mass is 217 g/mol. The number of hydrazone groups is 1. The summed E-state index contributed by atoms with van der Waals surface area (Å²) in [5.74, 6) is 0. The van der Waals surface area contributed by atoms with Crippen molar-refractivity contribution in [1.29, 1.82) is 0 Å². The largest absolute Gasteiger partial charge is 0.444 e. The molecule has 0 rings (SSSR count). The highest BCUT2D eigenvalue weighted by Gasteiger charge is 2.17. The van der Waals surface area contributed by atoms with Crippen molar-refractivity contribution >= 4 is 12.3 Å². The summed E-state index contributed by atoms with van der Waals surface area (Å²) in [6.07, 6.45) is 1.55. The molecule has 0 saturated carbocycles. The predicted molar refractivity (Wildman–Crippen MR) is 56.9 cm³/mol. The number of nitrogens with zero attached hydrogens (tertiary/aromatic N) is 1. The van der Waals surface area contributed by atoms with Crippen LogP contribution in [0, 0.1) is 0 Å². The van der Waals surface area contributed by atoms with Gasteiger partial charge in [-0.3, -0.25) is 5.21 Å². The Balaban J connectivity index is 4.07. The Labute approximate surface area is 89.6 Å². The van der Waals surface area contributed by atoms with E-state index in [4.69, 9.17) is 9.94 Å². The molecule has 0 fully saturated rings. The summed E-state index contributed by atoms with van der Waals surface area (Å²) in [6.45, 7) is 7.25. The average Bonchev–Trinajstić information content (AvgIpc) is 2.09. The smallest absolute Gasteiger partial charge is 0.408 e. The van der Waals surface area contributed by atoms with Crippen LogP contribution in [0.1, 0.15) is 34.1 Å². The summed E-state index contributed by atoms with van der Waals surface area (Å²) < 4.78 is 5.06. The van der Waals surface area contributed by atoms with Gasteiger partial charge in [0.15, 0.2) is 0 Å². The van der Waals surface area contributed by atoms with Crippen molar-refractivity contribution in [3.05, 3.63) is 0 Å². The highest BCUT2D eigenvalue weighted by molar-refractivity contribution is 5.75. The number of carbonyl (C=O) groups excluding carboxylic acids is 1. The lowest BCUT2D eigenvalue weighted by atomic mass is 10.2. The molecule has 0 bridgehead atoms. The molecule has 6 heteroatoms. The number of carbonyl (C=O) groups is 1. The Morgan fingerprint density at radius 1 is 1.60 bits per heavy atom. The molecule has 6 nitrogen and oxygen atoms in total. The summed E-state index contributed by atoms with van der Waals surface area (Å²) >= 11 is 0. The summed E-state index contributed by atoms with van der Waals surface area (Å²) in [7, 11) is 0. The maximum Gasteiger partial charge on any atom is 0.408 e. The molecule has 1 unspecified atom stereocenters. The van der Waals surface area contributed by atoms with E-state index in [1.807, 2.05) is 6.92 Å². The van der Waals surface area contributed by atoms with E-state index in [2.05, 4.69) is 10.4 Å². The quantitative estimate of drug-likeness (QED) is 0.489. The third-order valence-electron chi connectivity index (χ3n) is 1.45. The number of hydrogen-bond acceptors (Lipinski definition) is 5. The van der Waals surface area contributed by atoms with E-state index in [1.165, 1.54) is 6.21 Å². The predicted octanol–water partition coefficient (Wildman–Crippen LogP) is 1.25. The van der Waals surface area contributed by atoms with E-state index in [-0.39, 0.29) is 6.04 Å². The number of amides is 1. The Hall–Kier alpha value is -1.30. The second-order valence-corrected chi connectivity index (χ2v) is 4.04. The Bertz CT molecular complexity index is 223. The van der Waals surface area contributed by atoms with Crippen LogP contribution in [0.4, 0.5) is 4.79 Å². The van der Waals surface area contributed by atoms with Gasteiger partial charge >= 0.3 is 6.09 Å².